The molecule has 0 spiro atoms. The monoisotopic (exact) mass is 226 g/mol. The highest BCUT2D eigenvalue weighted by Gasteiger charge is 2.21. The minimum Gasteiger partial charge on any atom is -0.389 e. The molecule has 0 aliphatic carbocycles. The number of hydrogen-bond donors (Lipinski definition) is 1. The lowest BCUT2D eigenvalue weighted by atomic mass is 9.90. The second kappa shape index (κ2) is 5.15. The Morgan fingerprint density at radius 2 is 1.12 bits per heavy atom. The zero-order valence-corrected chi connectivity index (χ0v) is 10.1. The fourth-order valence-electron chi connectivity index (χ4n) is 2.13. The van der Waals surface area contributed by atoms with E-state index >= 15 is 0 Å². The van der Waals surface area contributed by atoms with Crippen molar-refractivity contribution in [1.82, 2.24) is 0 Å². The highest BCUT2D eigenvalue weighted by atomic mass is 16.3. The van der Waals surface area contributed by atoms with Crippen LogP contribution in [-0.4, -0.2) is 10.7 Å². The first kappa shape index (κ1) is 11.9. The summed E-state index contributed by atoms with van der Waals surface area (Å²) < 4.78 is 0. The van der Waals surface area contributed by atoms with Gasteiger partial charge in [-0.15, -0.1) is 0 Å². The molecular formula is C16H18O. The Hall–Kier alpha value is -1.60. The third-order valence-electron chi connectivity index (χ3n) is 2.86. The lowest BCUT2D eigenvalue weighted by Gasteiger charge is -2.23. The molecule has 0 bridgehead atoms. The van der Waals surface area contributed by atoms with Gasteiger partial charge in [-0.05, 0) is 18.1 Å². The van der Waals surface area contributed by atoms with Gasteiger partial charge in [-0.2, -0.15) is 0 Å². The zero-order valence-electron chi connectivity index (χ0n) is 10.1. The van der Waals surface area contributed by atoms with Crippen LogP contribution in [0.15, 0.2) is 60.7 Å². The summed E-state index contributed by atoms with van der Waals surface area (Å²) in [5.41, 5.74) is 1.66. The number of hydrogen-bond acceptors (Lipinski definition) is 1. The minimum atomic E-state index is -0.692. The lowest BCUT2D eigenvalue weighted by molar-refractivity contribution is 0.0608. The van der Waals surface area contributed by atoms with Crippen LogP contribution < -0.4 is 0 Å². The molecule has 0 aliphatic heterocycles. The average molecular weight is 226 g/mol. The van der Waals surface area contributed by atoms with Crippen LogP contribution in [0.5, 0.6) is 0 Å². The molecule has 1 N–H and O–H groups in total. The van der Waals surface area contributed by atoms with E-state index in [0.717, 1.165) is 0 Å². The molecule has 0 aliphatic rings. The van der Waals surface area contributed by atoms with Gasteiger partial charge in [0.2, 0.25) is 0 Å². The highest BCUT2D eigenvalue weighted by Crippen LogP contribution is 2.18. The molecule has 0 unspecified atom stereocenters. The molecule has 0 aromatic heterocycles. The lowest BCUT2D eigenvalue weighted by Crippen LogP contribution is -2.30. The van der Waals surface area contributed by atoms with Gasteiger partial charge in [0.25, 0.3) is 0 Å². The predicted octanol–water partition coefficient (Wildman–Crippen LogP) is 3.22. The van der Waals surface area contributed by atoms with Crippen LogP contribution in [0.25, 0.3) is 0 Å². The average Bonchev–Trinajstić information content (AvgIpc) is 2.30. The van der Waals surface area contributed by atoms with Gasteiger partial charge in [-0.25, -0.2) is 0 Å². The number of rotatable bonds is 4. The van der Waals surface area contributed by atoms with E-state index in [0.29, 0.717) is 12.8 Å². The molecule has 0 fully saturated rings. The normalized spacial score (nSPS) is 11.4. The first-order valence-electron chi connectivity index (χ1n) is 5.96. The predicted molar refractivity (Wildman–Crippen MR) is 70.9 cm³/mol. The summed E-state index contributed by atoms with van der Waals surface area (Å²) in [4.78, 5) is 0. The Bertz CT molecular complexity index is 402. The van der Waals surface area contributed by atoms with Crippen molar-refractivity contribution in [3.8, 4) is 0 Å². The van der Waals surface area contributed by atoms with E-state index in [1.807, 2.05) is 43.3 Å². The van der Waals surface area contributed by atoms with E-state index in [9.17, 15) is 5.11 Å². The molecule has 1 nitrogen and oxygen atoms in total. The topological polar surface area (TPSA) is 20.2 Å². The molecule has 2 aromatic carbocycles. The fourth-order valence-corrected chi connectivity index (χ4v) is 2.13. The Balaban J connectivity index is 2.04. The van der Waals surface area contributed by atoms with Gasteiger partial charge < -0.3 is 5.11 Å². The van der Waals surface area contributed by atoms with Gasteiger partial charge in [0.15, 0.2) is 0 Å². The number of benzene rings is 2. The Labute approximate surface area is 103 Å². The second-order valence-electron chi connectivity index (χ2n) is 4.82. The van der Waals surface area contributed by atoms with Crippen molar-refractivity contribution in [3.63, 3.8) is 0 Å². The molecule has 0 saturated heterocycles. The standard InChI is InChI=1S/C16H18O/c1-16(17,12-14-8-4-2-5-9-14)13-15-10-6-3-7-11-15/h2-11,17H,12-13H2,1H3. The van der Waals surface area contributed by atoms with Gasteiger partial charge in [0.1, 0.15) is 0 Å². The molecule has 0 saturated carbocycles. The molecule has 0 atom stereocenters. The Kier molecular flexibility index (Phi) is 3.60. The summed E-state index contributed by atoms with van der Waals surface area (Å²) in [6.07, 6.45) is 1.37. The third kappa shape index (κ3) is 3.72. The molecule has 0 radical (unpaired) electrons. The fraction of sp³-hybridized carbons (Fsp3) is 0.250. The van der Waals surface area contributed by atoms with Crippen molar-refractivity contribution in [1.29, 1.82) is 0 Å². The van der Waals surface area contributed by atoms with E-state index in [2.05, 4.69) is 24.3 Å². The Morgan fingerprint density at radius 1 is 0.765 bits per heavy atom. The third-order valence-corrected chi connectivity index (χ3v) is 2.86. The summed E-state index contributed by atoms with van der Waals surface area (Å²) in [6, 6.07) is 20.2. The van der Waals surface area contributed by atoms with Crippen LogP contribution in [0.3, 0.4) is 0 Å². The van der Waals surface area contributed by atoms with Gasteiger partial charge in [-0.3, -0.25) is 0 Å². The summed E-state index contributed by atoms with van der Waals surface area (Å²) >= 11 is 0. The second-order valence-corrected chi connectivity index (χ2v) is 4.82. The summed E-state index contributed by atoms with van der Waals surface area (Å²) in [5.74, 6) is 0. The van der Waals surface area contributed by atoms with Gasteiger partial charge in [-0.1, -0.05) is 60.7 Å². The molecule has 2 aromatic rings. The molecule has 88 valence electrons. The largest absolute Gasteiger partial charge is 0.389 e. The van der Waals surface area contributed by atoms with Gasteiger partial charge in [0, 0.05) is 12.8 Å². The van der Waals surface area contributed by atoms with Gasteiger partial charge >= 0.3 is 0 Å². The van der Waals surface area contributed by atoms with Crippen molar-refractivity contribution in [2.45, 2.75) is 25.4 Å². The highest BCUT2D eigenvalue weighted by molar-refractivity contribution is 5.20. The minimum absolute atomic E-state index is 0.683. The van der Waals surface area contributed by atoms with Crippen LogP contribution in [-0.2, 0) is 12.8 Å². The SMILES string of the molecule is CC(O)(Cc1ccccc1)Cc1ccccc1. The van der Waals surface area contributed by atoms with Crippen molar-refractivity contribution in [2.75, 3.05) is 0 Å². The van der Waals surface area contributed by atoms with E-state index in [1.54, 1.807) is 0 Å². The van der Waals surface area contributed by atoms with Crippen LogP contribution in [0.4, 0.5) is 0 Å². The van der Waals surface area contributed by atoms with Crippen molar-refractivity contribution < 1.29 is 5.11 Å². The number of aliphatic hydroxyl groups is 1. The van der Waals surface area contributed by atoms with E-state index < -0.39 is 5.60 Å². The Morgan fingerprint density at radius 3 is 1.47 bits per heavy atom. The van der Waals surface area contributed by atoms with Crippen LogP contribution in [0.1, 0.15) is 18.1 Å². The van der Waals surface area contributed by atoms with E-state index in [1.165, 1.54) is 11.1 Å². The van der Waals surface area contributed by atoms with Gasteiger partial charge in [0.05, 0.1) is 5.60 Å². The molecule has 0 amide bonds. The van der Waals surface area contributed by atoms with Crippen LogP contribution >= 0.6 is 0 Å². The quantitative estimate of drug-likeness (QED) is 0.848. The molecule has 17 heavy (non-hydrogen) atoms. The maximum absolute atomic E-state index is 10.4. The van der Waals surface area contributed by atoms with E-state index in [4.69, 9.17) is 0 Å². The molecule has 0 heterocycles. The maximum Gasteiger partial charge on any atom is 0.0700 e. The van der Waals surface area contributed by atoms with Crippen molar-refractivity contribution >= 4 is 0 Å². The zero-order chi connectivity index (χ0) is 12.1. The molecular weight excluding hydrogens is 208 g/mol. The first-order valence-corrected chi connectivity index (χ1v) is 5.96. The first-order chi connectivity index (χ1) is 8.16. The molecule has 1 heteroatoms. The van der Waals surface area contributed by atoms with Crippen molar-refractivity contribution in [2.24, 2.45) is 0 Å². The molecule has 2 rings (SSSR count). The van der Waals surface area contributed by atoms with Crippen LogP contribution in [0.2, 0.25) is 0 Å². The summed E-state index contributed by atoms with van der Waals surface area (Å²) in [5, 5.41) is 10.4. The van der Waals surface area contributed by atoms with E-state index in [-0.39, 0.29) is 0 Å². The summed E-state index contributed by atoms with van der Waals surface area (Å²) in [6.45, 7) is 1.90. The van der Waals surface area contributed by atoms with Crippen molar-refractivity contribution in [3.05, 3.63) is 71.8 Å². The van der Waals surface area contributed by atoms with Crippen LogP contribution in [0, 0.1) is 0 Å². The summed E-state index contributed by atoms with van der Waals surface area (Å²) in [7, 11) is 0. The smallest absolute Gasteiger partial charge is 0.0700 e. The maximum atomic E-state index is 10.4.